The van der Waals surface area contributed by atoms with Crippen LogP contribution in [0, 0.1) is 5.92 Å². The van der Waals surface area contributed by atoms with Crippen LogP contribution in [0.1, 0.15) is 32.1 Å². The molecular weight excluding hydrogens is 308 g/mol. The van der Waals surface area contributed by atoms with E-state index in [4.69, 9.17) is 0 Å². The number of aliphatic hydroxyl groups is 1. The van der Waals surface area contributed by atoms with Gasteiger partial charge in [-0.3, -0.25) is 9.20 Å². The molecule has 7 nitrogen and oxygen atoms in total. The molecule has 4 rings (SSSR count). The molecule has 3 heterocycles. The van der Waals surface area contributed by atoms with Gasteiger partial charge in [-0.2, -0.15) is 0 Å². The SMILES string of the molecule is O=C(Cn1nc2ccccn2c1=O)N1CCC(O)(C2CCC2)CC1. The number of piperidine rings is 1. The van der Waals surface area contributed by atoms with Crippen LogP contribution in [-0.2, 0) is 11.3 Å². The molecule has 2 aliphatic rings. The van der Waals surface area contributed by atoms with E-state index < -0.39 is 5.60 Å². The first-order chi connectivity index (χ1) is 11.6. The summed E-state index contributed by atoms with van der Waals surface area (Å²) in [4.78, 5) is 26.5. The molecule has 2 aromatic heterocycles. The lowest BCUT2D eigenvalue weighted by atomic mass is 9.69. The molecule has 2 fully saturated rings. The maximum absolute atomic E-state index is 12.5. The van der Waals surface area contributed by atoms with Crippen LogP contribution in [0.2, 0.25) is 0 Å². The maximum Gasteiger partial charge on any atom is 0.350 e. The second-order valence-electron chi connectivity index (χ2n) is 6.98. The fourth-order valence-corrected chi connectivity index (χ4v) is 3.80. The number of likely N-dealkylation sites (tertiary alicyclic amines) is 1. The lowest BCUT2D eigenvalue weighted by molar-refractivity contribution is -0.140. The van der Waals surface area contributed by atoms with Crippen molar-refractivity contribution >= 4 is 11.6 Å². The summed E-state index contributed by atoms with van der Waals surface area (Å²) in [6, 6.07) is 5.30. The van der Waals surface area contributed by atoms with Crippen LogP contribution in [0.4, 0.5) is 0 Å². The Kier molecular flexibility index (Phi) is 3.68. The molecule has 0 bridgehead atoms. The third-order valence-corrected chi connectivity index (χ3v) is 5.62. The first kappa shape index (κ1) is 15.4. The normalized spacial score (nSPS) is 21.0. The lowest BCUT2D eigenvalue weighted by Gasteiger charge is -2.46. The molecule has 0 spiro atoms. The highest BCUT2D eigenvalue weighted by molar-refractivity contribution is 5.76. The number of hydrogen-bond donors (Lipinski definition) is 1. The summed E-state index contributed by atoms with van der Waals surface area (Å²) >= 11 is 0. The van der Waals surface area contributed by atoms with Crippen molar-refractivity contribution in [1.82, 2.24) is 19.1 Å². The van der Waals surface area contributed by atoms with Gasteiger partial charge in [0.2, 0.25) is 5.91 Å². The van der Waals surface area contributed by atoms with Crippen LogP contribution < -0.4 is 5.69 Å². The zero-order chi connectivity index (χ0) is 16.7. The van der Waals surface area contributed by atoms with Crippen molar-refractivity contribution in [1.29, 1.82) is 0 Å². The average molecular weight is 330 g/mol. The molecule has 24 heavy (non-hydrogen) atoms. The second-order valence-corrected chi connectivity index (χ2v) is 6.98. The number of fused-ring (bicyclic) bond motifs is 1. The Hall–Kier alpha value is -2.15. The van der Waals surface area contributed by atoms with Gasteiger partial charge in [0.05, 0.1) is 5.60 Å². The Morgan fingerprint density at radius 1 is 1.29 bits per heavy atom. The number of pyridine rings is 1. The topological polar surface area (TPSA) is 79.8 Å². The average Bonchev–Trinajstić information content (AvgIpc) is 2.82. The van der Waals surface area contributed by atoms with Gasteiger partial charge in [-0.15, -0.1) is 5.10 Å². The lowest BCUT2D eigenvalue weighted by Crippen LogP contribution is -2.52. The third-order valence-electron chi connectivity index (χ3n) is 5.62. The highest BCUT2D eigenvalue weighted by Crippen LogP contribution is 2.41. The molecule has 2 aromatic rings. The van der Waals surface area contributed by atoms with Gasteiger partial charge in [0.15, 0.2) is 5.65 Å². The van der Waals surface area contributed by atoms with Gasteiger partial charge in [-0.25, -0.2) is 9.48 Å². The predicted octanol–water partition coefficient (Wildman–Crippen LogP) is 0.650. The van der Waals surface area contributed by atoms with Gasteiger partial charge in [0, 0.05) is 19.3 Å². The van der Waals surface area contributed by atoms with E-state index in [1.165, 1.54) is 15.5 Å². The van der Waals surface area contributed by atoms with Crippen LogP contribution in [-0.4, -0.2) is 48.8 Å². The van der Waals surface area contributed by atoms with Crippen molar-refractivity contribution in [2.45, 2.75) is 44.2 Å². The molecule has 0 radical (unpaired) electrons. The number of aromatic nitrogens is 3. The van der Waals surface area contributed by atoms with Crippen LogP contribution >= 0.6 is 0 Å². The van der Waals surface area contributed by atoms with Crippen molar-refractivity contribution < 1.29 is 9.90 Å². The molecule has 1 N–H and O–H groups in total. The van der Waals surface area contributed by atoms with Gasteiger partial charge in [0.1, 0.15) is 6.54 Å². The van der Waals surface area contributed by atoms with E-state index in [9.17, 15) is 14.7 Å². The van der Waals surface area contributed by atoms with Crippen LogP contribution in [0.25, 0.3) is 5.65 Å². The Labute approximate surface area is 139 Å². The number of carbonyl (C=O) groups is 1. The molecule has 128 valence electrons. The zero-order valence-corrected chi connectivity index (χ0v) is 13.6. The zero-order valence-electron chi connectivity index (χ0n) is 13.6. The summed E-state index contributed by atoms with van der Waals surface area (Å²) in [6.07, 6.45) is 6.30. The fraction of sp³-hybridized carbons (Fsp3) is 0.588. The van der Waals surface area contributed by atoms with E-state index in [1.54, 1.807) is 29.3 Å². The minimum Gasteiger partial charge on any atom is -0.389 e. The van der Waals surface area contributed by atoms with Crippen LogP contribution in [0.3, 0.4) is 0 Å². The van der Waals surface area contributed by atoms with Crippen LogP contribution in [0.5, 0.6) is 0 Å². The maximum atomic E-state index is 12.5. The Morgan fingerprint density at radius 2 is 2.04 bits per heavy atom. The number of carbonyl (C=O) groups excluding carboxylic acids is 1. The summed E-state index contributed by atoms with van der Waals surface area (Å²) in [5.74, 6) is 0.284. The molecule has 1 aliphatic heterocycles. The molecule has 1 amide bonds. The summed E-state index contributed by atoms with van der Waals surface area (Å²) in [5.41, 5.74) is -0.371. The fourth-order valence-electron chi connectivity index (χ4n) is 3.80. The Morgan fingerprint density at radius 3 is 2.67 bits per heavy atom. The summed E-state index contributed by atoms with van der Waals surface area (Å²) in [6.45, 7) is 1.05. The molecule has 0 unspecified atom stereocenters. The van der Waals surface area contributed by atoms with Crippen molar-refractivity contribution in [3.05, 3.63) is 34.9 Å². The molecule has 7 heteroatoms. The predicted molar refractivity (Wildman–Crippen MR) is 87.6 cm³/mol. The molecular formula is C17H22N4O3. The van der Waals surface area contributed by atoms with E-state index in [2.05, 4.69) is 5.10 Å². The second kappa shape index (κ2) is 5.73. The van der Waals surface area contributed by atoms with Gasteiger partial charge >= 0.3 is 5.69 Å². The number of amides is 1. The van der Waals surface area contributed by atoms with E-state index in [-0.39, 0.29) is 18.1 Å². The van der Waals surface area contributed by atoms with E-state index in [0.717, 1.165) is 12.8 Å². The van der Waals surface area contributed by atoms with E-state index in [0.29, 0.717) is 37.5 Å². The molecule has 0 atom stereocenters. The van der Waals surface area contributed by atoms with Crippen molar-refractivity contribution in [2.75, 3.05) is 13.1 Å². The van der Waals surface area contributed by atoms with Crippen molar-refractivity contribution in [2.24, 2.45) is 5.92 Å². The van der Waals surface area contributed by atoms with E-state index in [1.807, 2.05) is 0 Å². The largest absolute Gasteiger partial charge is 0.389 e. The molecule has 1 aliphatic carbocycles. The van der Waals surface area contributed by atoms with Gasteiger partial charge in [-0.05, 0) is 43.7 Å². The summed E-state index contributed by atoms with van der Waals surface area (Å²) < 4.78 is 2.64. The van der Waals surface area contributed by atoms with Gasteiger partial charge in [0.25, 0.3) is 0 Å². The minimum absolute atomic E-state index is 0.0532. The van der Waals surface area contributed by atoms with Gasteiger partial charge in [-0.1, -0.05) is 12.5 Å². The Balaban J connectivity index is 1.43. The smallest absolute Gasteiger partial charge is 0.350 e. The third kappa shape index (κ3) is 2.53. The van der Waals surface area contributed by atoms with Crippen molar-refractivity contribution in [3.63, 3.8) is 0 Å². The highest BCUT2D eigenvalue weighted by Gasteiger charge is 2.42. The van der Waals surface area contributed by atoms with Gasteiger partial charge < -0.3 is 10.0 Å². The minimum atomic E-state index is -0.602. The number of rotatable bonds is 3. The quantitative estimate of drug-likeness (QED) is 0.896. The molecule has 0 aromatic carbocycles. The van der Waals surface area contributed by atoms with Crippen molar-refractivity contribution in [3.8, 4) is 0 Å². The monoisotopic (exact) mass is 330 g/mol. The van der Waals surface area contributed by atoms with Crippen LogP contribution in [0.15, 0.2) is 29.2 Å². The molecule has 1 saturated heterocycles. The number of hydrogen-bond acceptors (Lipinski definition) is 4. The summed E-state index contributed by atoms with van der Waals surface area (Å²) in [7, 11) is 0. The molecule has 1 saturated carbocycles. The number of nitrogens with zero attached hydrogens (tertiary/aromatic N) is 4. The standard InChI is InChI=1S/C17H22N4O3/c22-15(12-21-16(23)20-9-2-1-6-14(20)18-21)19-10-7-17(24,8-11-19)13-4-3-5-13/h1-2,6,9,13,24H,3-5,7-8,10-12H2. The van der Waals surface area contributed by atoms with E-state index >= 15 is 0 Å². The highest BCUT2D eigenvalue weighted by atomic mass is 16.3. The first-order valence-electron chi connectivity index (χ1n) is 8.61. The first-order valence-corrected chi connectivity index (χ1v) is 8.61. The Bertz CT molecular complexity index is 813. The summed E-state index contributed by atoms with van der Waals surface area (Å²) in [5, 5.41) is 14.9.